The summed E-state index contributed by atoms with van der Waals surface area (Å²) in [5.41, 5.74) is 12.3. The predicted octanol–water partition coefficient (Wildman–Crippen LogP) is 4.10. The van der Waals surface area contributed by atoms with Gasteiger partial charge in [-0.25, -0.2) is 0 Å². The highest BCUT2D eigenvalue weighted by atomic mass is 16.6. The number of benzene rings is 3. The van der Waals surface area contributed by atoms with Gasteiger partial charge in [0.15, 0.2) is 5.78 Å². The summed E-state index contributed by atoms with van der Waals surface area (Å²) in [5, 5.41) is 32.1. The molecular weight excluding hydrogens is 574 g/mol. The minimum atomic E-state index is -0.872. The average molecular weight is 606 g/mol. The zero-order chi connectivity index (χ0) is 32.8. The standard InChI is InChI=1S/C22H27N3O4.C7H4N4O4/c1-3-19(27)15-29-22(28)11-12-25(14-17-7-5-4-6-8-17)18-9-10-20(23)21(13-18)24-16(2)26;8-3-4-1-5(10(12)13)2-6(7(4)9)11(14)15/h4-10,13H,3,11-12,14-15,23H2,1-2H3,(H,24,26);1-2H,9H2. The van der Waals surface area contributed by atoms with Gasteiger partial charge in [0.2, 0.25) is 5.91 Å². The minimum Gasteiger partial charge on any atom is -0.458 e. The van der Waals surface area contributed by atoms with Crippen molar-refractivity contribution in [2.75, 3.05) is 34.8 Å². The highest BCUT2D eigenvalue weighted by Gasteiger charge is 2.22. The van der Waals surface area contributed by atoms with E-state index in [-0.39, 0.29) is 36.0 Å². The molecule has 0 aliphatic rings. The number of hydrogen-bond acceptors (Lipinski definition) is 12. The first kappa shape index (κ1) is 34.2. The molecule has 0 aliphatic heterocycles. The van der Waals surface area contributed by atoms with Gasteiger partial charge in [-0.05, 0) is 23.8 Å². The fourth-order valence-corrected chi connectivity index (χ4v) is 3.68. The summed E-state index contributed by atoms with van der Waals surface area (Å²) in [5.74, 6) is -0.756. The van der Waals surface area contributed by atoms with Crippen molar-refractivity contribution in [3.8, 4) is 6.07 Å². The molecule has 3 aromatic rings. The monoisotopic (exact) mass is 605 g/mol. The molecule has 230 valence electrons. The van der Waals surface area contributed by atoms with Crippen LogP contribution in [0.3, 0.4) is 0 Å². The molecule has 0 fully saturated rings. The van der Waals surface area contributed by atoms with Gasteiger partial charge in [0.05, 0.1) is 39.3 Å². The highest BCUT2D eigenvalue weighted by Crippen LogP contribution is 2.30. The number of nitro groups is 2. The van der Waals surface area contributed by atoms with Crippen LogP contribution in [0.15, 0.2) is 60.7 Å². The van der Waals surface area contributed by atoms with Gasteiger partial charge in [-0.15, -0.1) is 0 Å². The summed E-state index contributed by atoms with van der Waals surface area (Å²) in [6.45, 7) is 3.90. The maximum absolute atomic E-state index is 12.0. The van der Waals surface area contributed by atoms with Gasteiger partial charge in [-0.3, -0.25) is 34.6 Å². The van der Waals surface area contributed by atoms with E-state index in [1.807, 2.05) is 41.3 Å². The van der Waals surface area contributed by atoms with E-state index in [0.29, 0.717) is 30.9 Å². The summed E-state index contributed by atoms with van der Waals surface area (Å²) in [6.07, 6.45) is 0.467. The van der Waals surface area contributed by atoms with E-state index < -0.39 is 27.2 Å². The van der Waals surface area contributed by atoms with Crippen LogP contribution >= 0.6 is 0 Å². The molecule has 0 unspecified atom stereocenters. The van der Waals surface area contributed by atoms with Crippen molar-refractivity contribution in [3.05, 3.63) is 92.0 Å². The summed E-state index contributed by atoms with van der Waals surface area (Å²) >= 11 is 0. The topological polar surface area (TPSA) is 238 Å². The third kappa shape index (κ3) is 10.4. The van der Waals surface area contributed by atoms with E-state index in [9.17, 15) is 34.6 Å². The number of esters is 1. The molecule has 0 radical (unpaired) electrons. The first-order valence-electron chi connectivity index (χ1n) is 13.1. The fourth-order valence-electron chi connectivity index (χ4n) is 3.68. The number of Topliss-reactive ketones (excluding diaryl/α,β-unsaturated/α-hetero) is 1. The zero-order valence-corrected chi connectivity index (χ0v) is 24.0. The van der Waals surface area contributed by atoms with Crippen LogP contribution in [0, 0.1) is 31.6 Å². The third-order valence-corrected chi connectivity index (χ3v) is 5.97. The number of nitrogens with two attached hydrogens (primary N) is 2. The van der Waals surface area contributed by atoms with Crippen LogP contribution in [0.2, 0.25) is 0 Å². The Kier molecular flexibility index (Phi) is 12.7. The van der Waals surface area contributed by atoms with Crippen LogP contribution in [0.25, 0.3) is 0 Å². The second-order valence-electron chi connectivity index (χ2n) is 9.21. The molecule has 0 atom stereocenters. The molecule has 0 saturated carbocycles. The molecule has 0 aliphatic carbocycles. The lowest BCUT2D eigenvalue weighted by atomic mass is 10.1. The Morgan fingerprint density at radius 1 is 1.02 bits per heavy atom. The summed E-state index contributed by atoms with van der Waals surface area (Å²) in [4.78, 5) is 56.0. The number of nitro benzene ring substituents is 2. The molecule has 1 amide bonds. The van der Waals surface area contributed by atoms with Crippen LogP contribution in [-0.4, -0.2) is 40.7 Å². The van der Waals surface area contributed by atoms with Crippen molar-refractivity contribution in [1.82, 2.24) is 0 Å². The number of ether oxygens (including phenoxy) is 1. The molecule has 15 heteroatoms. The first-order chi connectivity index (χ1) is 20.9. The van der Waals surface area contributed by atoms with E-state index >= 15 is 0 Å². The molecule has 0 heterocycles. The zero-order valence-electron chi connectivity index (χ0n) is 24.0. The first-order valence-corrected chi connectivity index (χ1v) is 13.1. The van der Waals surface area contributed by atoms with Crippen LogP contribution in [0.4, 0.5) is 34.1 Å². The van der Waals surface area contributed by atoms with E-state index in [0.717, 1.165) is 23.4 Å². The maximum Gasteiger partial charge on any atom is 0.308 e. The Morgan fingerprint density at radius 3 is 2.27 bits per heavy atom. The van der Waals surface area contributed by atoms with Crippen molar-refractivity contribution in [2.45, 2.75) is 33.2 Å². The van der Waals surface area contributed by atoms with Crippen molar-refractivity contribution in [2.24, 2.45) is 0 Å². The van der Waals surface area contributed by atoms with E-state index in [1.54, 1.807) is 25.1 Å². The quantitative estimate of drug-likeness (QED) is 0.114. The molecule has 15 nitrogen and oxygen atoms in total. The Hall–Kier alpha value is -6.04. The van der Waals surface area contributed by atoms with Crippen LogP contribution in [-0.2, 0) is 25.7 Å². The number of nitrogens with zero attached hydrogens (tertiary/aromatic N) is 4. The summed E-state index contributed by atoms with van der Waals surface area (Å²) < 4.78 is 5.03. The lowest BCUT2D eigenvalue weighted by molar-refractivity contribution is -0.393. The maximum atomic E-state index is 12.0. The van der Waals surface area contributed by atoms with Crippen molar-refractivity contribution in [1.29, 1.82) is 5.26 Å². The van der Waals surface area contributed by atoms with Crippen molar-refractivity contribution < 1.29 is 29.0 Å². The minimum absolute atomic E-state index is 0.113. The Bertz CT molecular complexity index is 1570. The highest BCUT2D eigenvalue weighted by molar-refractivity contribution is 5.93. The largest absolute Gasteiger partial charge is 0.458 e. The number of nitrogens with one attached hydrogen (secondary N) is 1. The predicted molar refractivity (Wildman–Crippen MR) is 162 cm³/mol. The number of carbonyl (C=O) groups is 3. The van der Waals surface area contributed by atoms with E-state index in [1.165, 1.54) is 6.92 Å². The Balaban J connectivity index is 0.000000378. The van der Waals surface area contributed by atoms with Crippen LogP contribution in [0.5, 0.6) is 0 Å². The molecule has 44 heavy (non-hydrogen) atoms. The average Bonchev–Trinajstić information content (AvgIpc) is 2.99. The van der Waals surface area contributed by atoms with Gasteiger partial charge in [-0.2, -0.15) is 5.26 Å². The van der Waals surface area contributed by atoms with Gasteiger partial charge in [-0.1, -0.05) is 37.3 Å². The molecule has 0 saturated heterocycles. The molecule has 5 N–H and O–H groups in total. The summed E-state index contributed by atoms with van der Waals surface area (Å²) in [7, 11) is 0. The molecule has 3 aromatic carbocycles. The van der Waals surface area contributed by atoms with Crippen LogP contribution in [0.1, 0.15) is 37.8 Å². The normalized spacial score (nSPS) is 9.93. The van der Waals surface area contributed by atoms with Crippen LogP contribution < -0.4 is 21.7 Å². The molecular formula is C29H31N7O8. The molecule has 0 aromatic heterocycles. The van der Waals surface area contributed by atoms with Gasteiger partial charge >= 0.3 is 5.97 Å². The summed E-state index contributed by atoms with van der Waals surface area (Å²) in [6, 6.07) is 18.3. The number of non-ortho nitro benzene ring substituents is 1. The number of carbonyl (C=O) groups excluding carboxylic acids is 3. The number of nitriles is 1. The molecule has 3 rings (SSSR count). The lowest BCUT2D eigenvalue weighted by Crippen LogP contribution is -2.27. The van der Waals surface area contributed by atoms with Gasteiger partial charge in [0, 0.05) is 38.2 Å². The molecule has 0 spiro atoms. The number of hydrogen-bond donors (Lipinski definition) is 3. The second-order valence-corrected chi connectivity index (χ2v) is 9.21. The Morgan fingerprint density at radius 2 is 1.70 bits per heavy atom. The number of anilines is 4. The molecule has 0 bridgehead atoms. The fraction of sp³-hybridized carbons (Fsp3) is 0.241. The van der Waals surface area contributed by atoms with Crippen molar-refractivity contribution in [3.63, 3.8) is 0 Å². The smallest absolute Gasteiger partial charge is 0.308 e. The van der Waals surface area contributed by atoms with Gasteiger partial charge in [0.1, 0.15) is 18.4 Å². The van der Waals surface area contributed by atoms with E-state index in [4.69, 9.17) is 21.5 Å². The van der Waals surface area contributed by atoms with Crippen molar-refractivity contribution >= 4 is 51.8 Å². The number of amides is 1. The number of ketones is 1. The second kappa shape index (κ2) is 16.4. The third-order valence-electron chi connectivity index (χ3n) is 5.97. The lowest BCUT2D eigenvalue weighted by Gasteiger charge is -2.25. The number of rotatable bonds is 12. The van der Waals surface area contributed by atoms with E-state index in [2.05, 4.69) is 5.32 Å². The van der Waals surface area contributed by atoms with Gasteiger partial charge < -0.3 is 26.4 Å². The number of nitrogen functional groups attached to an aromatic ring is 2. The van der Waals surface area contributed by atoms with Gasteiger partial charge in [0.25, 0.3) is 11.4 Å². The Labute approximate surface area is 252 Å². The SMILES string of the molecule is CCC(=O)COC(=O)CCN(Cc1ccccc1)c1ccc(N)c(NC(C)=O)c1.N#Cc1cc([N+](=O)[O-])cc([N+](=O)[O-])c1N.